The highest BCUT2D eigenvalue weighted by Gasteiger charge is 2.39. The molecular weight excluding hydrogens is 382 g/mol. The van der Waals surface area contributed by atoms with Gasteiger partial charge in [-0.15, -0.1) is 11.8 Å². The number of rotatable bonds is 4. The molecule has 1 fully saturated rings. The number of nitrogens with zero attached hydrogens (tertiary/aromatic N) is 1. The molecule has 1 unspecified atom stereocenters. The molecule has 1 aromatic rings. The highest BCUT2D eigenvalue weighted by Crippen LogP contribution is 2.36. The molecule has 0 spiro atoms. The Morgan fingerprint density at radius 2 is 1.93 bits per heavy atom. The molecule has 0 aliphatic carbocycles. The molecule has 6 heteroatoms. The van der Waals surface area contributed by atoms with Crippen molar-refractivity contribution in [2.45, 2.75) is 64.7 Å². The Kier molecular flexibility index (Phi) is 6.24. The van der Waals surface area contributed by atoms with Gasteiger partial charge in [-0.3, -0.25) is 9.59 Å². The van der Waals surface area contributed by atoms with Gasteiger partial charge in [0.25, 0.3) is 5.91 Å². The smallest absolute Gasteiger partial charge is 0.252 e. The molecule has 2 atom stereocenters. The Hall–Kier alpha value is -2.05. The minimum atomic E-state index is -0.479. The summed E-state index contributed by atoms with van der Waals surface area (Å²) in [6, 6.07) is 7.62. The van der Waals surface area contributed by atoms with E-state index in [1.165, 1.54) is 5.56 Å². The lowest BCUT2D eigenvalue weighted by molar-refractivity contribution is -0.123. The maximum atomic E-state index is 12.8. The minimum absolute atomic E-state index is 0.0147. The Morgan fingerprint density at radius 3 is 2.52 bits per heavy atom. The lowest BCUT2D eigenvalue weighted by Gasteiger charge is -2.39. The molecule has 1 aromatic carbocycles. The Bertz CT molecular complexity index is 850. The van der Waals surface area contributed by atoms with E-state index in [2.05, 4.69) is 50.4 Å². The number of hydrogen-bond acceptors (Lipinski definition) is 5. The largest absolute Gasteiger partial charge is 0.358 e. The van der Waals surface area contributed by atoms with Gasteiger partial charge in [-0.1, -0.05) is 45.0 Å². The van der Waals surface area contributed by atoms with E-state index in [-0.39, 0.29) is 23.1 Å². The molecule has 1 saturated heterocycles. The molecule has 2 aliphatic heterocycles. The van der Waals surface area contributed by atoms with Crippen LogP contribution in [0.15, 0.2) is 47.0 Å². The van der Waals surface area contributed by atoms with Crippen molar-refractivity contribution in [3.05, 3.63) is 58.1 Å². The molecule has 2 heterocycles. The van der Waals surface area contributed by atoms with Gasteiger partial charge in [0.2, 0.25) is 0 Å². The zero-order valence-corrected chi connectivity index (χ0v) is 18.7. The first kappa shape index (κ1) is 21.7. The minimum Gasteiger partial charge on any atom is -0.358 e. The van der Waals surface area contributed by atoms with Gasteiger partial charge in [0, 0.05) is 29.4 Å². The number of Topliss-reactive ketones (excluding diaryl/α,β-unsaturated/α-hetero) is 1. The van der Waals surface area contributed by atoms with Crippen LogP contribution in [0.25, 0.3) is 0 Å². The van der Waals surface area contributed by atoms with Crippen molar-refractivity contribution in [1.29, 1.82) is 0 Å². The van der Waals surface area contributed by atoms with Crippen LogP contribution >= 0.6 is 11.8 Å². The van der Waals surface area contributed by atoms with Gasteiger partial charge in [0.05, 0.1) is 11.6 Å². The highest BCUT2D eigenvalue weighted by molar-refractivity contribution is 8.03. The van der Waals surface area contributed by atoms with Crippen molar-refractivity contribution in [3.8, 4) is 0 Å². The van der Waals surface area contributed by atoms with Gasteiger partial charge in [0.15, 0.2) is 5.78 Å². The Balaban J connectivity index is 1.90. The van der Waals surface area contributed by atoms with Crippen LogP contribution in [0.1, 0.15) is 45.7 Å². The molecule has 2 aliphatic rings. The second-order valence-electron chi connectivity index (χ2n) is 9.10. The maximum absolute atomic E-state index is 12.8. The van der Waals surface area contributed by atoms with E-state index in [1.54, 1.807) is 18.0 Å². The predicted molar refractivity (Wildman–Crippen MR) is 119 cm³/mol. The number of ketones is 1. The summed E-state index contributed by atoms with van der Waals surface area (Å²) in [6.45, 7) is 11.0. The van der Waals surface area contributed by atoms with Gasteiger partial charge >= 0.3 is 0 Å². The topological polar surface area (TPSA) is 75.4 Å². The highest BCUT2D eigenvalue weighted by atomic mass is 32.2. The predicted octanol–water partition coefficient (Wildman–Crippen LogP) is 3.10. The van der Waals surface area contributed by atoms with Crippen LogP contribution in [0.5, 0.6) is 0 Å². The van der Waals surface area contributed by atoms with Crippen molar-refractivity contribution in [2.75, 3.05) is 5.75 Å². The van der Waals surface area contributed by atoms with Crippen LogP contribution < -0.4 is 11.1 Å². The van der Waals surface area contributed by atoms with Crippen molar-refractivity contribution in [2.24, 2.45) is 5.73 Å². The van der Waals surface area contributed by atoms with E-state index in [9.17, 15) is 9.59 Å². The summed E-state index contributed by atoms with van der Waals surface area (Å²) in [5.41, 5.74) is 9.07. The third-order valence-electron chi connectivity index (χ3n) is 5.14. The summed E-state index contributed by atoms with van der Waals surface area (Å²) >= 11 is 1.57. The first-order valence-corrected chi connectivity index (χ1v) is 11.1. The molecule has 156 valence electrons. The van der Waals surface area contributed by atoms with Crippen molar-refractivity contribution in [1.82, 2.24) is 10.2 Å². The van der Waals surface area contributed by atoms with Crippen LogP contribution in [-0.2, 0) is 21.5 Å². The fraction of sp³-hybridized carbons (Fsp3) is 0.478. The monoisotopic (exact) mass is 413 g/mol. The first-order chi connectivity index (χ1) is 13.6. The summed E-state index contributed by atoms with van der Waals surface area (Å²) in [5.74, 6) is 0.441. The number of carbonyl (C=O) groups excluding carboxylic acids is 2. The SMILES string of the molecule is CC(C)NC(=O)C1=CN(Cc2ccc(C(C)(C)C)cc2)C2C(=O)[C@@H](N)CSC2=C1. The van der Waals surface area contributed by atoms with Crippen molar-refractivity contribution >= 4 is 23.5 Å². The molecule has 0 aromatic heterocycles. The Morgan fingerprint density at radius 1 is 1.28 bits per heavy atom. The molecule has 3 rings (SSSR count). The standard InChI is InChI=1S/C23H31N3O2S/c1-14(2)25-22(28)16-10-19-20(21(27)18(24)13-29-19)26(12-16)11-15-6-8-17(9-7-15)23(3,4)5/h6-10,12,14,18,20H,11,13,24H2,1-5H3,(H,25,28)/t18-,20?/m0/s1. The summed E-state index contributed by atoms with van der Waals surface area (Å²) in [4.78, 5) is 28.3. The van der Waals surface area contributed by atoms with Crippen LogP contribution in [0, 0.1) is 0 Å². The van der Waals surface area contributed by atoms with Crippen LogP contribution in [0.4, 0.5) is 0 Å². The fourth-order valence-corrected chi connectivity index (χ4v) is 4.66. The van der Waals surface area contributed by atoms with Crippen LogP contribution in [-0.4, -0.2) is 40.5 Å². The van der Waals surface area contributed by atoms with Gasteiger partial charge < -0.3 is 16.0 Å². The average Bonchev–Trinajstić information content (AvgIpc) is 2.63. The number of nitrogens with two attached hydrogens (primary N) is 1. The number of benzene rings is 1. The number of fused-ring (bicyclic) bond motifs is 1. The molecule has 0 bridgehead atoms. The van der Waals surface area contributed by atoms with Crippen molar-refractivity contribution in [3.63, 3.8) is 0 Å². The number of thioether (sulfide) groups is 1. The van der Waals surface area contributed by atoms with E-state index in [4.69, 9.17) is 5.73 Å². The third kappa shape index (κ3) is 4.93. The summed E-state index contributed by atoms with van der Waals surface area (Å²) < 4.78 is 0. The molecule has 3 N–H and O–H groups in total. The third-order valence-corrected chi connectivity index (χ3v) is 6.34. The molecular formula is C23H31N3O2S. The van der Waals surface area contributed by atoms with E-state index >= 15 is 0 Å². The van der Waals surface area contributed by atoms with Gasteiger partial charge in [-0.2, -0.15) is 0 Å². The van der Waals surface area contributed by atoms with Gasteiger partial charge in [0.1, 0.15) is 6.04 Å². The molecule has 1 amide bonds. The van der Waals surface area contributed by atoms with E-state index in [0.29, 0.717) is 17.9 Å². The van der Waals surface area contributed by atoms with Crippen molar-refractivity contribution < 1.29 is 9.59 Å². The van der Waals surface area contributed by atoms with E-state index in [1.807, 2.05) is 24.8 Å². The van der Waals surface area contributed by atoms with E-state index in [0.717, 1.165) is 10.5 Å². The molecule has 0 saturated carbocycles. The first-order valence-electron chi connectivity index (χ1n) is 10.1. The van der Waals surface area contributed by atoms with Gasteiger partial charge in [-0.25, -0.2) is 0 Å². The molecule has 29 heavy (non-hydrogen) atoms. The zero-order chi connectivity index (χ0) is 21.3. The quantitative estimate of drug-likeness (QED) is 0.793. The number of carbonyl (C=O) groups is 2. The Labute approximate surface area is 177 Å². The second-order valence-corrected chi connectivity index (χ2v) is 10.2. The van der Waals surface area contributed by atoms with E-state index < -0.39 is 12.1 Å². The molecule has 0 radical (unpaired) electrons. The zero-order valence-electron chi connectivity index (χ0n) is 17.9. The lowest BCUT2D eigenvalue weighted by atomic mass is 9.86. The molecule has 5 nitrogen and oxygen atoms in total. The normalized spacial score (nSPS) is 22.2. The summed E-state index contributed by atoms with van der Waals surface area (Å²) in [6.07, 6.45) is 3.65. The second kappa shape index (κ2) is 8.36. The van der Waals surface area contributed by atoms with Gasteiger partial charge in [-0.05, 0) is 36.5 Å². The lowest BCUT2D eigenvalue weighted by Crippen LogP contribution is -2.52. The fourth-order valence-electron chi connectivity index (χ4n) is 3.51. The van der Waals surface area contributed by atoms with Crippen LogP contribution in [0.3, 0.4) is 0 Å². The maximum Gasteiger partial charge on any atom is 0.252 e. The number of nitrogens with one attached hydrogen (secondary N) is 1. The average molecular weight is 414 g/mol. The number of amides is 1. The number of hydrogen-bond donors (Lipinski definition) is 2. The summed E-state index contributed by atoms with van der Waals surface area (Å²) in [5, 5.41) is 2.94. The summed E-state index contributed by atoms with van der Waals surface area (Å²) in [7, 11) is 0. The van der Waals surface area contributed by atoms with Crippen LogP contribution in [0.2, 0.25) is 0 Å².